The van der Waals surface area contributed by atoms with E-state index in [9.17, 15) is 26.3 Å². The van der Waals surface area contributed by atoms with E-state index in [1.54, 1.807) is 23.5 Å². The number of hydrogen-bond donors (Lipinski definition) is 3. The van der Waals surface area contributed by atoms with Gasteiger partial charge in [-0.1, -0.05) is 0 Å². The lowest BCUT2D eigenvalue weighted by molar-refractivity contribution is -0.138. The van der Waals surface area contributed by atoms with E-state index in [1.165, 1.54) is 12.1 Å². The Hall–Kier alpha value is -6.29. The minimum atomic E-state index is -4.20. The van der Waals surface area contributed by atoms with Gasteiger partial charge < -0.3 is 45.0 Å². The van der Waals surface area contributed by atoms with Crippen LogP contribution >= 0.6 is 0 Å². The Bertz CT molecular complexity index is 2800. The molecule has 4 saturated heterocycles. The summed E-state index contributed by atoms with van der Waals surface area (Å²) in [6.07, 6.45) is 1.86. The van der Waals surface area contributed by atoms with Crippen molar-refractivity contribution in [2.24, 2.45) is 0 Å². The monoisotopic (exact) mass is 976 g/mol. The number of nitrogens with one attached hydrogen (secondary N) is 3. The van der Waals surface area contributed by atoms with Crippen LogP contribution in [0.4, 0.5) is 76.5 Å². The summed E-state index contributed by atoms with van der Waals surface area (Å²) in [5.41, 5.74) is 6.20. The number of rotatable bonds is 10. The standard InChI is InChI=1S/C26H29F5N6O.C23H26F2N6O/c1-17-24(33-19-14-20(16-32-15-19)36-8-10-38-11-9-36)23-21(28)12-18(27)13-22(23)34-25(17)37-6-4-35(5-7-37)3-2-26(29,30)31;1-15-22(28-17-12-18(14-27-13-17)30-6-8-32-9-7-30)21-19(25)10-16(24)11-20(21)29-23(15)31-4-2-26-3-5-31/h12-16H,2-11H2,1H3,(H,33,34);10-14,26H,2-9H2,1H3,(H,28,29). The number of benzene rings is 2. The molecule has 6 aromatic rings. The summed E-state index contributed by atoms with van der Waals surface area (Å²) < 4.78 is 107. The van der Waals surface area contributed by atoms with Crippen LogP contribution in [0, 0.1) is 37.1 Å². The van der Waals surface area contributed by atoms with Crippen LogP contribution < -0.4 is 35.6 Å². The van der Waals surface area contributed by atoms with Crippen molar-refractivity contribution >= 4 is 67.6 Å². The highest BCUT2D eigenvalue weighted by molar-refractivity contribution is 5.99. The molecule has 2 aromatic carbocycles. The highest BCUT2D eigenvalue weighted by atomic mass is 19.4. The van der Waals surface area contributed by atoms with Crippen molar-refractivity contribution in [3.05, 3.63) is 95.6 Å². The zero-order chi connectivity index (χ0) is 48.9. The molecule has 21 heteroatoms. The molecule has 3 N–H and O–H groups in total. The molecule has 0 unspecified atom stereocenters. The molecule has 0 spiro atoms. The first-order chi connectivity index (χ1) is 33.8. The Labute approximate surface area is 400 Å². The third-order valence-corrected chi connectivity index (χ3v) is 13.0. The number of aromatic nitrogens is 4. The van der Waals surface area contributed by atoms with Gasteiger partial charge in [0, 0.05) is 120 Å². The minimum absolute atomic E-state index is 0.0584. The van der Waals surface area contributed by atoms with Gasteiger partial charge in [0.2, 0.25) is 0 Å². The Kier molecular flexibility index (Phi) is 14.9. The fourth-order valence-electron chi connectivity index (χ4n) is 9.33. The van der Waals surface area contributed by atoms with E-state index in [-0.39, 0.29) is 22.8 Å². The van der Waals surface area contributed by atoms with Gasteiger partial charge in [0.1, 0.15) is 34.9 Å². The summed E-state index contributed by atoms with van der Waals surface area (Å²) in [6, 6.07) is 8.13. The summed E-state index contributed by atoms with van der Waals surface area (Å²) >= 11 is 0. The molecule has 0 radical (unpaired) electrons. The van der Waals surface area contributed by atoms with E-state index in [2.05, 4.69) is 50.6 Å². The van der Waals surface area contributed by atoms with Gasteiger partial charge in [-0.25, -0.2) is 27.5 Å². The van der Waals surface area contributed by atoms with E-state index in [0.29, 0.717) is 86.6 Å². The van der Waals surface area contributed by atoms with Gasteiger partial charge in [0.25, 0.3) is 0 Å². The number of ether oxygens (including phenoxy) is 2. The second kappa shape index (κ2) is 21.4. The fraction of sp³-hybridized carbons (Fsp3) is 0.429. The van der Waals surface area contributed by atoms with Gasteiger partial charge in [-0.2, -0.15) is 13.2 Å². The minimum Gasteiger partial charge on any atom is -0.378 e. The maximum absolute atomic E-state index is 15.1. The smallest absolute Gasteiger partial charge is 0.378 e. The van der Waals surface area contributed by atoms with E-state index in [4.69, 9.17) is 9.47 Å². The number of fused-ring (bicyclic) bond motifs is 2. The molecule has 70 heavy (non-hydrogen) atoms. The molecular weight excluding hydrogens is 922 g/mol. The van der Waals surface area contributed by atoms with E-state index in [1.807, 2.05) is 37.1 Å². The summed E-state index contributed by atoms with van der Waals surface area (Å²) in [5, 5.41) is 10.4. The van der Waals surface area contributed by atoms with Crippen molar-refractivity contribution in [1.82, 2.24) is 30.2 Å². The van der Waals surface area contributed by atoms with Gasteiger partial charge in [-0.15, -0.1) is 0 Å². The van der Waals surface area contributed by atoms with Crippen molar-refractivity contribution in [3.8, 4) is 0 Å². The first kappa shape index (κ1) is 48.7. The van der Waals surface area contributed by atoms with Crippen molar-refractivity contribution in [1.29, 1.82) is 0 Å². The lowest BCUT2D eigenvalue weighted by Crippen LogP contribution is -2.47. The summed E-state index contributed by atoms with van der Waals surface area (Å²) in [5.74, 6) is -1.47. The Morgan fingerprint density at radius 1 is 0.557 bits per heavy atom. The molecule has 4 fully saturated rings. The number of pyridine rings is 4. The summed E-state index contributed by atoms with van der Waals surface area (Å²) in [4.78, 5) is 28.2. The van der Waals surface area contributed by atoms with Gasteiger partial charge in [-0.05, 0) is 26.0 Å². The zero-order valence-corrected chi connectivity index (χ0v) is 39.0. The largest absolute Gasteiger partial charge is 0.390 e. The SMILES string of the molecule is Cc1c(N2CCN(CCC(F)(F)F)CC2)nc2cc(F)cc(F)c2c1Nc1cncc(N2CCOCC2)c1.Cc1c(N2CCNCC2)nc2cc(F)cc(F)c2c1Nc1cncc(N2CCOCC2)c1. The van der Waals surface area contributed by atoms with Crippen LogP contribution in [0.2, 0.25) is 0 Å². The number of hydrogen-bond acceptors (Lipinski definition) is 14. The topological polar surface area (TPSA) is 122 Å². The quantitative estimate of drug-likeness (QED) is 0.115. The predicted octanol–water partition coefficient (Wildman–Crippen LogP) is 8.08. The fourth-order valence-corrected chi connectivity index (χ4v) is 9.33. The number of alkyl halides is 3. The Balaban J connectivity index is 0.000000176. The van der Waals surface area contributed by atoms with E-state index < -0.39 is 35.9 Å². The number of anilines is 8. The molecule has 4 aromatic heterocycles. The normalized spacial score (nSPS) is 17.2. The summed E-state index contributed by atoms with van der Waals surface area (Å²) in [7, 11) is 0. The molecule has 0 aliphatic carbocycles. The number of nitrogens with zero attached hydrogens (tertiary/aromatic N) is 9. The molecule has 0 atom stereocenters. The van der Waals surface area contributed by atoms with Crippen molar-refractivity contribution in [2.45, 2.75) is 26.4 Å². The summed E-state index contributed by atoms with van der Waals surface area (Å²) in [6.45, 7) is 14.3. The average molecular weight is 977 g/mol. The molecular formula is C49H55F7N12O2. The lowest BCUT2D eigenvalue weighted by Gasteiger charge is -2.36. The second-order valence-corrected chi connectivity index (χ2v) is 17.7. The van der Waals surface area contributed by atoms with Crippen LogP contribution in [0.3, 0.4) is 0 Å². The predicted molar refractivity (Wildman–Crippen MR) is 258 cm³/mol. The van der Waals surface area contributed by atoms with Gasteiger partial charge in [0.05, 0.1) is 114 Å². The highest BCUT2D eigenvalue weighted by Gasteiger charge is 2.30. The van der Waals surface area contributed by atoms with Crippen LogP contribution in [0.5, 0.6) is 0 Å². The van der Waals surface area contributed by atoms with E-state index >= 15 is 4.39 Å². The van der Waals surface area contributed by atoms with Gasteiger partial charge >= 0.3 is 6.18 Å². The highest BCUT2D eigenvalue weighted by Crippen LogP contribution is 2.39. The van der Waals surface area contributed by atoms with Crippen molar-refractivity contribution in [3.63, 3.8) is 0 Å². The Morgan fingerprint density at radius 3 is 1.44 bits per heavy atom. The number of morpholine rings is 2. The van der Waals surface area contributed by atoms with Crippen LogP contribution in [-0.2, 0) is 9.47 Å². The van der Waals surface area contributed by atoms with Crippen LogP contribution in [0.15, 0.2) is 61.2 Å². The van der Waals surface area contributed by atoms with Gasteiger partial charge in [0.15, 0.2) is 0 Å². The zero-order valence-electron chi connectivity index (χ0n) is 39.0. The molecule has 10 rings (SSSR count). The van der Waals surface area contributed by atoms with Crippen LogP contribution in [0.25, 0.3) is 21.8 Å². The third kappa shape index (κ3) is 11.3. The molecule has 4 aliphatic heterocycles. The van der Waals surface area contributed by atoms with E-state index in [0.717, 1.165) is 92.9 Å². The van der Waals surface area contributed by atoms with Crippen molar-refractivity contribution in [2.75, 3.05) is 142 Å². The molecule has 0 saturated carbocycles. The van der Waals surface area contributed by atoms with Crippen molar-refractivity contribution < 1.29 is 40.2 Å². The average Bonchev–Trinajstić information content (AvgIpc) is 3.36. The maximum atomic E-state index is 15.1. The second-order valence-electron chi connectivity index (χ2n) is 17.7. The van der Waals surface area contributed by atoms with Crippen LogP contribution in [-0.4, -0.2) is 143 Å². The first-order valence-corrected chi connectivity index (χ1v) is 23.5. The molecule has 4 aliphatic rings. The lowest BCUT2D eigenvalue weighted by atomic mass is 10.1. The first-order valence-electron chi connectivity index (χ1n) is 23.5. The molecule has 0 amide bonds. The maximum Gasteiger partial charge on any atom is 0.390 e. The Morgan fingerprint density at radius 2 is 1.00 bits per heavy atom. The van der Waals surface area contributed by atoms with Gasteiger partial charge in [-0.3, -0.25) is 14.9 Å². The third-order valence-electron chi connectivity index (χ3n) is 13.0. The number of piperazine rings is 2. The molecule has 14 nitrogen and oxygen atoms in total. The molecule has 372 valence electrons. The van der Waals surface area contributed by atoms with Crippen LogP contribution in [0.1, 0.15) is 17.5 Å². The molecule has 0 bridgehead atoms. The number of halogens is 7. The molecule has 8 heterocycles.